The van der Waals surface area contributed by atoms with E-state index < -0.39 is 11.3 Å². The van der Waals surface area contributed by atoms with Gasteiger partial charge in [0.2, 0.25) is 11.7 Å². The van der Waals surface area contributed by atoms with Crippen LogP contribution in [0.4, 0.5) is 5.95 Å². The highest BCUT2D eigenvalue weighted by Gasteiger charge is 2.44. The largest absolute Gasteiger partial charge is 0.459 e. The molecular formula is C28H26N8OS. The molecule has 2 atom stereocenters. The van der Waals surface area contributed by atoms with Crippen molar-refractivity contribution in [1.29, 1.82) is 0 Å². The summed E-state index contributed by atoms with van der Waals surface area (Å²) in [6.45, 7) is 3.91. The van der Waals surface area contributed by atoms with Crippen molar-refractivity contribution in [2.45, 2.75) is 25.1 Å². The number of allylic oxidation sites excluding steroid dienone is 2. The van der Waals surface area contributed by atoms with Gasteiger partial charge in [0.1, 0.15) is 16.5 Å². The van der Waals surface area contributed by atoms with Gasteiger partial charge in [-0.1, -0.05) is 42.5 Å². The number of aromatic nitrogens is 3. The molecule has 0 aliphatic carbocycles. The number of dihydropyridines is 1. The molecule has 0 amide bonds. The second-order valence-corrected chi connectivity index (χ2v) is 10.0. The molecule has 9 nitrogen and oxygen atoms in total. The molecule has 4 heterocycles. The van der Waals surface area contributed by atoms with Gasteiger partial charge in [-0.05, 0) is 49.3 Å². The van der Waals surface area contributed by atoms with Crippen LogP contribution in [0.5, 0.6) is 5.75 Å². The van der Waals surface area contributed by atoms with Gasteiger partial charge in [0.25, 0.3) is 0 Å². The van der Waals surface area contributed by atoms with Gasteiger partial charge >= 0.3 is 0 Å². The fourth-order valence-corrected chi connectivity index (χ4v) is 5.85. The number of nitrogens with two attached hydrogens (primary N) is 2. The second kappa shape index (κ2) is 9.00. The molecule has 2 unspecified atom stereocenters. The Hall–Kier alpha value is -4.70. The van der Waals surface area contributed by atoms with Crippen LogP contribution < -0.4 is 26.9 Å². The maximum atomic E-state index is 6.69. The molecule has 0 saturated carbocycles. The van der Waals surface area contributed by atoms with E-state index in [2.05, 4.69) is 31.9 Å². The Kier molecular flexibility index (Phi) is 5.61. The summed E-state index contributed by atoms with van der Waals surface area (Å²) in [5.74, 6) is 1.21. The van der Waals surface area contributed by atoms with Crippen LogP contribution >= 0.6 is 11.3 Å². The molecule has 38 heavy (non-hydrogen) atoms. The number of amidine groups is 1. The normalized spacial score (nSPS) is 21.7. The molecule has 6 N–H and O–H groups in total. The fourth-order valence-electron chi connectivity index (χ4n) is 4.87. The first-order valence-electron chi connectivity index (χ1n) is 12.1. The highest BCUT2D eigenvalue weighted by molar-refractivity contribution is 7.09. The molecule has 6 rings (SSSR count). The second-order valence-electron chi connectivity index (χ2n) is 9.19. The maximum Gasteiger partial charge on any atom is 0.243 e. The van der Waals surface area contributed by atoms with E-state index in [0.29, 0.717) is 17.3 Å². The van der Waals surface area contributed by atoms with Crippen molar-refractivity contribution in [3.8, 4) is 5.75 Å². The highest BCUT2D eigenvalue weighted by Crippen LogP contribution is 2.43. The Morgan fingerprint density at radius 3 is 2.66 bits per heavy atom. The van der Waals surface area contributed by atoms with Gasteiger partial charge in [-0.2, -0.15) is 5.10 Å². The Morgan fingerprint density at radius 2 is 1.87 bits per heavy atom. The lowest BCUT2D eigenvalue weighted by Crippen LogP contribution is -2.48. The highest BCUT2D eigenvalue weighted by atomic mass is 32.1. The number of rotatable bonds is 5. The Bertz CT molecular complexity index is 1630. The van der Waals surface area contributed by atoms with E-state index in [1.54, 1.807) is 17.5 Å². The first-order valence-corrected chi connectivity index (χ1v) is 12.9. The van der Waals surface area contributed by atoms with Gasteiger partial charge in [-0.15, -0.1) is 11.3 Å². The topological polar surface area (TPSA) is 136 Å². The standard InChI is InChI=1S/C28H26N8OS/c1-17-15-31-26(30)34-23(17)27(12-5-6-13-32-27)37-20-9-7-8-19(14-20)28(25-33-18(2)16-38-25)22-11-4-3-10-21(22)24(29)35-36-28/h3-16,32,36H,1-2H3,(H2,29,35)(H2,30,31,34). The monoisotopic (exact) mass is 522 g/mol. The first kappa shape index (κ1) is 23.7. The van der Waals surface area contributed by atoms with Crippen molar-refractivity contribution in [2.75, 3.05) is 5.73 Å². The summed E-state index contributed by atoms with van der Waals surface area (Å²) >= 11 is 1.57. The Morgan fingerprint density at radius 1 is 1.00 bits per heavy atom. The van der Waals surface area contributed by atoms with E-state index in [9.17, 15) is 0 Å². The van der Waals surface area contributed by atoms with Crippen molar-refractivity contribution in [2.24, 2.45) is 10.8 Å². The van der Waals surface area contributed by atoms with Crippen LogP contribution in [-0.4, -0.2) is 20.8 Å². The van der Waals surface area contributed by atoms with Crippen LogP contribution in [0.15, 0.2) is 89.6 Å². The quantitative estimate of drug-likeness (QED) is 0.312. The number of hydrogen-bond acceptors (Lipinski definition) is 10. The molecule has 2 aliphatic rings. The van der Waals surface area contributed by atoms with Gasteiger partial charge in [-0.3, -0.25) is 5.43 Å². The number of nitrogens with one attached hydrogen (secondary N) is 2. The third kappa shape index (κ3) is 3.77. The smallest absolute Gasteiger partial charge is 0.243 e. The minimum atomic E-state index is -1.08. The van der Waals surface area contributed by atoms with Crippen molar-refractivity contribution in [3.63, 3.8) is 0 Å². The van der Waals surface area contributed by atoms with Gasteiger partial charge in [0.05, 0.1) is 0 Å². The van der Waals surface area contributed by atoms with Gasteiger partial charge in [-0.25, -0.2) is 15.0 Å². The molecular weight excluding hydrogens is 496 g/mol. The number of nitrogens with zero attached hydrogens (tertiary/aromatic N) is 4. The lowest BCUT2D eigenvalue weighted by atomic mass is 9.80. The molecule has 0 radical (unpaired) electrons. The molecule has 0 fully saturated rings. The number of benzene rings is 2. The van der Waals surface area contributed by atoms with Crippen molar-refractivity contribution in [1.82, 2.24) is 25.7 Å². The molecule has 190 valence electrons. The lowest BCUT2D eigenvalue weighted by Gasteiger charge is -2.38. The predicted molar refractivity (Wildman–Crippen MR) is 148 cm³/mol. The summed E-state index contributed by atoms with van der Waals surface area (Å²) in [5, 5.41) is 10.7. The average molecular weight is 523 g/mol. The van der Waals surface area contributed by atoms with Crippen LogP contribution in [-0.2, 0) is 11.3 Å². The number of aryl methyl sites for hydroxylation is 2. The summed E-state index contributed by atoms with van der Waals surface area (Å²) in [6, 6.07) is 15.9. The zero-order valence-corrected chi connectivity index (χ0v) is 21.7. The number of thiazole rings is 1. The van der Waals surface area contributed by atoms with Gasteiger partial charge in [0.15, 0.2) is 11.4 Å². The number of hydrazone groups is 1. The van der Waals surface area contributed by atoms with Crippen molar-refractivity contribution in [3.05, 3.63) is 123 Å². The van der Waals surface area contributed by atoms with E-state index in [4.69, 9.17) is 21.2 Å². The molecule has 2 aromatic heterocycles. The van der Waals surface area contributed by atoms with Gasteiger partial charge < -0.3 is 21.5 Å². The van der Waals surface area contributed by atoms with E-state index in [-0.39, 0.29) is 5.95 Å². The lowest BCUT2D eigenvalue weighted by molar-refractivity contribution is 0.0890. The molecule has 0 spiro atoms. The third-order valence-corrected chi connectivity index (χ3v) is 7.69. The number of nitrogen functional groups attached to an aromatic ring is 1. The molecule has 4 aromatic rings. The Labute approximate surface area is 224 Å². The predicted octanol–water partition coefficient (Wildman–Crippen LogP) is 3.55. The van der Waals surface area contributed by atoms with Gasteiger partial charge in [0, 0.05) is 34.6 Å². The maximum absolute atomic E-state index is 6.69. The number of fused-ring (bicyclic) bond motifs is 1. The molecule has 0 bridgehead atoms. The third-order valence-electron chi connectivity index (χ3n) is 6.61. The van der Waals surface area contributed by atoms with E-state index in [0.717, 1.165) is 33.0 Å². The zero-order chi connectivity index (χ0) is 26.3. The van der Waals surface area contributed by atoms with E-state index in [1.807, 2.05) is 86.1 Å². The summed E-state index contributed by atoms with van der Waals surface area (Å²) in [5.41, 5.74) is 18.8. The van der Waals surface area contributed by atoms with Crippen molar-refractivity contribution < 1.29 is 4.74 Å². The van der Waals surface area contributed by atoms with Crippen molar-refractivity contribution >= 4 is 23.1 Å². The molecule has 10 heteroatoms. The summed E-state index contributed by atoms with van der Waals surface area (Å²) in [6.07, 6.45) is 9.22. The van der Waals surface area contributed by atoms with Crippen LogP contribution in [0.2, 0.25) is 0 Å². The average Bonchev–Trinajstić information content (AvgIpc) is 3.38. The van der Waals surface area contributed by atoms with Crippen LogP contribution in [0.3, 0.4) is 0 Å². The first-order chi connectivity index (χ1) is 18.4. The van der Waals surface area contributed by atoms with Crippen LogP contribution in [0.25, 0.3) is 0 Å². The number of anilines is 1. The zero-order valence-electron chi connectivity index (χ0n) is 20.8. The minimum Gasteiger partial charge on any atom is -0.459 e. The SMILES string of the molecule is Cc1csc(C2(c3cccc(OC4(c5nc(N)ncc5C)C=CC=CN4)c3)NN=C(N)c3ccccc32)n1. The summed E-state index contributed by atoms with van der Waals surface area (Å²) in [4.78, 5) is 13.5. The van der Waals surface area contributed by atoms with Crippen LogP contribution in [0.1, 0.15) is 38.6 Å². The molecule has 0 saturated heterocycles. The molecule has 2 aromatic carbocycles. The van der Waals surface area contributed by atoms with E-state index in [1.165, 1.54) is 0 Å². The fraction of sp³-hybridized carbons (Fsp3) is 0.143. The number of hydrogen-bond donors (Lipinski definition) is 4. The summed E-state index contributed by atoms with van der Waals surface area (Å²) < 4.78 is 6.69. The minimum absolute atomic E-state index is 0.170. The Balaban J connectivity index is 1.50. The van der Waals surface area contributed by atoms with E-state index >= 15 is 0 Å². The summed E-state index contributed by atoms with van der Waals surface area (Å²) in [7, 11) is 0. The molecule has 2 aliphatic heterocycles. The number of ether oxygens (including phenoxy) is 1. The van der Waals surface area contributed by atoms with Crippen LogP contribution in [0, 0.1) is 13.8 Å².